The number of aromatic nitrogens is 2. The van der Waals surface area contributed by atoms with Gasteiger partial charge in [-0.05, 0) is 48.7 Å². The fraction of sp³-hybridized carbons (Fsp3) is 0.371. The first-order chi connectivity index (χ1) is 23.0. The Morgan fingerprint density at radius 3 is 2.48 bits per heavy atom. The van der Waals surface area contributed by atoms with Crippen LogP contribution in [0.5, 0.6) is 0 Å². The summed E-state index contributed by atoms with van der Waals surface area (Å²) in [6.07, 6.45) is 0.334. The zero-order valence-corrected chi connectivity index (χ0v) is 27.6. The summed E-state index contributed by atoms with van der Waals surface area (Å²) in [7, 11) is -3.66. The molecule has 4 aromatic rings. The summed E-state index contributed by atoms with van der Waals surface area (Å²) >= 11 is 0. The Morgan fingerprint density at radius 2 is 1.77 bits per heavy atom. The van der Waals surface area contributed by atoms with Crippen molar-refractivity contribution < 1.29 is 27.4 Å². The number of amidine groups is 1. The number of ether oxygens (including phenoxy) is 1. The normalized spacial score (nSPS) is 19.6. The molecule has 3 aliphatic heterocycles. The first-order valence-corrected chi connectivity index (χ1v) is 17.7. The van der Waals surface area contributed by atoms with Crippen molar-refractivity contribution in [2.75, 3.05) is 31.9 Å². The van der Waals surface area contributed by atoms with E-state index in [4.69, 9.17) is 9.72 Å². The summed E-state index contributed by atoms with van der Waals surface area (Å²) in [6.45, 7) is 6.26. The number of nitrogens with zero attached hydrogens (tertiary/aromatic N) is 5. The average Bonchev–Trinajstić information content (AvgIpc) is 3.46. The van der Waals surface area contributed by atoms with Crippen LogP contribution < -0.4 is 5.56 Å². The molecule has 1 atom stereocenters. The maximum absolute atomic E-state index is 13.8. The van der Waals surface area contributed by atoms with E-state index in [1.54, 1.807) is 36.6 Å². The number of para-hydroxylation sites is 1. The summed E-state index contributed by atoms with van der Waals surface area (Å²) in [5.74, 6) is -0.798. The molecule has 2 aromatic heterocycles. The molecule has 5 heterocycles. The Labute approximate surface area is 277 Å². The molecule has 1 N–H and O–H groups in total. The summed E-state index contributed by atoms with van der Waals surface area (Å²) in [6, 6.07) is 15.6. The number of benzene rings is 2. The van der Waals surface area contributed by atoms with Gasteiger partial charge in [0.1, 0.15) is 18.3 Å². The first-order valence-electron chi connectivity index (χ1n) is 16.1. The van der Waals surface area contributed by atoms with Crippen LogP contribution >= 0.6 is 0 Å². The van der Waals surface area contributed by atoms with Crippen molar-refractivity contribution in [3.8, 4) is 11.4 Å². The van der Waals surface area contributed by atoms with Crippen molar-refractivity contribution >= 4 is 32.7 Å². The summed E-state index contributed by atoms with van der Waals surface area (Å²) in [5.41, 5.74) is 3.05. The number of halogens is 1. The minimum Gasteiger partial charge on any atom is -0.458 e. The van der Waals surface area contributed by atoms with E-state index >= 15 is 0 Å². The Kier molecular flexibility index (Phi) is 8.17. The number of carbonyl (C=O) groups excluding carboxylic acids is 1. The highest BCUT2D eigenvalue weighted by Gasteiger charge is 2.45. The van der Waals surface area contributed by atoms with E-state index in [-0.39, 0.29) is 47.7 Å². The van der Waals surface area contributed by atoms with Gasteiger partial charge < -0.3 is 19.3 Å². The highest BCUT2D eigenvalue weighted by Crippen LogP contribution is 2.40. The Hall–Kier alpha value is -4.46. The molecule has 2 aromatic carbocycles. The topological polar surface area (TPSA) is 134 Å². The van der Waals surface area contributed by atoms with Crippen molar-refractivity contribution in [1.82, 2.24) is 19.4 Å². The Bertz CT molecular complexity index is 2140. The zero-order chi connectivity index (χ0) is 33.8. The van der Waals surface area contributed by atoms with Crippen molar-refractivity contribution in [1.29, 1.82) is 0 Å². The van der Waals surface area contributed by atoms with Crippen LogP contribution in [0.2, 0.25) is 0 Å². The monoisotopic (exact) mass is 673 g/mol. The maximum Gasteiger partial charge on any atom is 0.343 e. The maximum atomic E-state index is 13.8. The van der Waals surface area contributed by atoms with Gasteiger partial charge in [-0.15, -0.1) is 0 Å². The van der Waals surface area contributed by atoms with Crippen molar-refractivity contribution in [2.45, 2.75) is 52.0 Å². The van der Waals surface area contributed by atoms with E-state index in [1.807, 2.05) is 29.2 Å². The van der Waals surface area contributed by atoms with Gasteiger partial charge in [0, 0.05) is 55.7 Å². The minimum atomic E-state index is -3.66. The van der Waals surface area contributed by atoms with Gasteiger partial charge in [0.2, 0.25) is 0 Å². The van der Waals surface area contributed by atoms with Gasteiger partial charge in [0.25, 0.3) is 15.6 Å². The second-order valence-corrected chi connectivity index (χ2v) is 14.4. The van der Waals surface area contributed by atoms with Crippen LogP contribution in [0.25, 0.3) is 22.3 Å². The standard InChI is InChI=1S/C35H36FN5O6S/c1-3-35(44)28-18-30-32-26(20-41(30)33(42)27(28)21-47-34(35)43)25(24-7-5-6-8-29(24)37-32)19-39-13-15-40(16-14-39)31(38-48(45,46)4-2)17-22-9-11-23(36)12-10-22/h5-12,18,44H,3-4,13-17,19-21H2,1-2H3/t35-/m0/s1. The third kappa shape index (κ3) is 5.59. The summed E-state index contributed by atoms with van der Waals surface area (Å²) in [4.78, 5) is 35.7. The zero-order valence-electron chi connectivity index (χ0n) is 26.8. The number of cyclic esters (lactones) is 1. The van der Waals surface area contributed by atoms with E-state index in [9.17, 15) is 27.5 Å². The SMILES string of the molecule is CC[C@@]1(O)C(=O)OCc2c1cc1n(c2=O)Cc2c-1nc1ccccc1c2CN1CCN(C(Cc2ccc(F)cc2)=NS(=O)(=O)CC)CC1. The molecule has 0 bridgehead atoms. The molecular formula is C35H36FN5O6S. The molecule has 0 radical (unpaired) electrons. The molecule has 0 spiro atoms. The van der Waals surface area contributed by atoms with E-state index < -0.39 is 21.6 Å². The van der Waals surface area contributed by atoms with Crippen molar-refractivity contribution in [2.24, 2.45) is 4.40 Å². The number of hydrogen-bond acceptors (Lipinski definition) is 8. The van der Waals surface area contributed by atoms with Gasteiger partial charge in [-0.1, -0.05) is 37.3 Å². The van der Waals surface area contributed by atoms with Gasteiger partial charge in [-0.25, -0.2) is 22.6 Å². The number of pyridine rings is 2. The molecule has 11 nitrogen and oxygen atoms in total. The number of aliphatic hydroxyl groups is 1. The smallest absolute Gasteiger partial charge is 0.343 e. The molecule has 0 amide bonds. The van der Waals surface area contributed by atoms with Crippen LogP contribution in [0, 0.1) is 5.82 Å². The molecule has 250 valence electrons. The average molecular weight is 674 g/mol. The quantitative estimate of drug-likeness (QED) is 0.157. The molecule has 7 rings (SSSR count). The number of carbonyl (C=O) groups is 1. The van der Waals surface area contributed by atoms with Crippen LogP contribution in [0.1, 0.15) is 48.1 Å². The summed E-state index contributed by atoms with van der Waals surface area (Å²) in [5, 5.41) is 12.2. The van der Waals surface area contributed by atoms with Gasteiger partial charge in [-0.2, -0.15) is 4.40 Å². The fourth-order valence-corrected chi connectivity index (χ4v) is 7.52. The lowest BCUT2D eigenvalue weighted by molar-refractivity contribution is -0.172. The number of piperazine rings is 1. The summed E-state index contributed by atoms with van der Waals surface area (Å²) < 4.78 is 49.7. The van der Waals surface area contributed by atoms with E-state index in [1.165, 1.54) is 12.1 Å². The number of sulfonamides is 1. The second-order valence-electron chi connectivity index (χ2n) is 12.5. The van der Waals surface area contributed by atoms with Crippen LogP contribution in [-0.2, 0) is 51.3 Å². The highest BCUT2D eigenvalue weighted by molar-refractivity contribution is 7.90. The van der Waals surface area contributed by atoms with E-state index in [2.05, 4.69) is 9.30 Å². The van der Waals surface area contributed by atoms with Crippen LogP contribution in [-0.4, -0.2) is 76.6 Å². The predicted octanol–water partition coefficient (Wildman–Crippen LogP) is 3.33. The molecule has 48 heavy (non-hydrogen) atoms. The molecule has 0 unspecified atom stereocenters. The van der Waals surface area contributed by atoms with Gasteiger partial charge in [0.15, 0.2) is 5.60 Å². The van der Waals surface area contributed by atoms with E-state index in [0.717, 1.165) is 27.6 Å². The van der Waals surface area contributed by atoms with Crippen LogP contribution in [0.4, 0.5) is 4.39 Å². The van der Waals surface area contributed by atoms with E-state index in [0.29, 0.717) is 56.5 Å². The molecule has 3 aliphatic rings. The number of esters is 1. The largest absolute Gasteiger partial charge is 0.458 e. The Balaban J connectivity index is 1.20. The fourth-order valence-electron chi connectivity index (χ4n) is 6.89. The second kappa shape index (κ2) is 12.2. The van der Waals surface area contributed by atoms with Crippen molar-refractivity contribution in [3.05, 3.63) is 98.6 Å². The molecule has 13 heteroatoms. The molecule has 1 fully saturated rings. The predicted molar refractivity (Wildman–Crippen MR) is 178 cm³/mol. The highest BCUT2D eigenvalue weighted by atomic mass is 32.2. The van der Waals surface area contributed by atoms with Crippen LogP contribution in [0.3, 0.4) is 0 Å². The van der Waals surface area contributed by atoms with Crippen molar-refractivity contribution in [3.63, 3.8) is 0 Å². The van der Waals surface area contributed by atoms with Gasteiger partial charge in [0.05, 0.1) is 34.8 Å². The molecule has 0 aliphatic carbocycles. The molecule has 0 saturated carbocycles. The van der Waals surface area contributed by atoms with Crippen LogP contribution in [0.15, 0.2) is 63.8 Å². The third-order valence-electron chi connectivity index (χ3n) is 9.72. The lowest BCUT2D eigenvalue weighted by atomic mass is 9.86. The lowest BCUT2D eigenvalue weighted by Gasteiger charge is -2.37. The number of hydrogen-bond donors (Lipinski definition) is 1. The Morgan fingerprint density at radius 1 is 1.04 bits per heavy atom. The molecular weight excluding hydrogens is 637 g/mol. The number of fused-ring (bicyclic) bond motifs is 5. The third-order valence-corrected chi connectivity index (χ3v) is 10.9. The number of rotatable bonds is 7. The minimum absolute atomic E-state index is 0.0671. The van der Waals surface area contributed by atoms with Gasteiger partial charge >= 0.3 is 5.97 Å². The first kappa shape index (κ1) is 32.1. The molecule has 1 saturated heterocycles. The lowest BCUT2D eigenvalue weighted by Crippen LogP contribution is -2.49. The van der Waals surface area contributed by atoms with Gasteiger partial charge in [-0.3, -0.25) is 9.69 Å².